The van der Waals surface area contributed by atoms with Crippen molar-refractivity contribution < 1.29 is 18.1 Å². The maximum atomic E-state index is 12.6. The van der Waals surface area contributed by atoms with Crippen molar-refractivity contribution in [2.45, 2.75) is 37.2 Å². The summed E-state index contributed by atoms with van der Waals surface area (Å²) in [5.74, 6) is -0.206. The fraction of sp³-hybridized carbons (Fsp3) is 0.500. The molecule has 0 N–H and O–H groups in total. The van der Waals surface area contributed by atoms with Gasteiger partial charge in [0.1, 0.15) is 0 Å². The Labute approximate surface area is 117 Å². The van der Waals surface area contributed by atoms with Crippen LogP contribution in [0.5, 0.6) is 0 Å². The number of alkyl halides is 4. The van der Waals surface area contributed by atoms with E-state index in [-0.39, 0.29) is 10.7 Å². The molecule has 2 unspecified atom stereocenters. The average molecular weight is 340 g/mol. The monoisotopic (exact) mass is 339 g/mol. The van der Waals surface area contributed by atoms with E-state index >= 15 is 0 Å². The third-order valence-electron chi connectivity index (χ3n) is 2.95. The summed E-state index contributed by atoms with van der Waals surface area (Å²) in [6.45, 7) is 3.65. The third kappa shape index (κ3) is 3.68. The average Bonchev–Trinajstić information content (AvgIpc) is 2.28. The van der Waals surface area contributed by atoms with Crippen LogP contribution < -0.4 is 0 Å². The summed E-state index contributed by atoms with van der Waals surface area (Å²) in [6, 6.07) is 2.70. The molecular weight excluding hydrogens is 327 g/mol. The van der Waals surface area contributed by atoms with Crippen LogP contribution in [0.2, 0.25) is 0 Å². The Morgan fingerprint density at radius 3 is 2.37 bits per heavy atom. The van der Waals surface area contributed by atoms with Crippen LogP contribution in [-0.2, 0) is 6.18 Å². The van der Waals surface area contributed by atoms with Crippen LogP contribution in [0.25, 0.3) is 0 Å². The molecule has 0 aliphatic carbocycles. The van der Waals surface area contributed by atoms with E-state index in [1.165, 1.54) is 6.07 Å². The van der Waals surface area contributed by atoms with E-state index in [9.17, 15) is 23.3 Å². The van der Waals surface area contributed by atoms with Crippen molar-refractivity contribution in [1.82, 2.24) is 0 Å². The van der Waals surface area contributed by atoms with E-state index in [4.69, 9.17) is 0 Å². The molecule has 0 saturated heterocycles. The first kappa shape index (κ1) is 15.9. The molecule has 0 radical (unpaired) electrons. The van der Waals surface area contributed by atoms with Crippen molar-refractivity contribution in [2.75, 3.05) is 0 Å². The molecule has 0 bridgehead atoms. The van der Waals surface area contributed by atoms with Crippen LogP contribution in [0.1, 0.15) is 37.3 Å². The van der Waals surface area contributed by atoms with Crippen molar-refractivity contribution in [3.05, 3.63) is 39.4 Å². The van der Waals surface area contributed by atoms with Gasteiger partial charge in [0.25, 0.3) is 5.69 Å². The quantitative estimate of drug-likeness (QED) is 0.445. The number of hydrogen-bond acceptors (Lipinski definition) is 2. The molecule has 2 atom stereocenters. The van der Waals surface area contributed by atoms with Gasteiger partial charge in [-0.1, -0.05) is 35.8 Å². The Balaban J connectivity index is 3.38. The number of nitro benzene ring substituents is 1. The Kier molecular flexibility index (Phi) is 4.95. The molecule has 19 heavy (non-hydrogen) atoms. The van der Waals surface area contributed by atoms with E-state index in [0.717, 1.165) is 6.07 Å². The molecule has 3 nitrogen and oxygen atoms in total. The second kappa shape index (κ2) is 5.90. The molecule has 0 aromatic heterocycles. The first-order chi connectivity index (χ1) is 8.68. The molecule has 0 heterocycles. The number of nitro groups is 1. The van der Waals surface area contributed by atoms with E-state index in [1.54, 1.807) is 0 Å². The molecule has 0 aliphatic rings. The van der Waals surface area contributed by atoms with Crippen LogP contribution >= 0.6 is 15.9 Å². The lowest BCUT2D eigenvalue weighted by Gasteiger charge is -2.19. The van der Waals surface area contributed by atoms with Crippen LogP contribution in [0.3, 0.4) is 0 Å². The van der Waals surface area contributed by atoms with Crippen LogP contribution in [0.15, 0.2) is 18.2 Å². The van der Waals surface area contributed by atoms with Crippen molar-refractivity contribution in [3.63, 3.8) is 0 Å². The SMILES string of the molecule is CCC(c1ccc(C(F)(F)F)cc1[N+](=O)[O-])C(C)Br. The molecular formula is C12H13BrF3NO2. The van der Waals surface area contributed by atoms with Gasteiger partial charge in [0.05, 0.1) is 10.5 Å². The lowest BCUT2D eigenvalue weighted by Crippen LogP contribution is -2.12. The number of benzene rings is 1. The maximum absolute atomic E-state index is 12.6. The highest BCUT2D eigenvalue weighted by atomic mass is 79.9. The minimum Gasteiger partial charge on any atom is -0.258 e. The van der Waals surface area contributed by atoms with Gasteiger partial charge in [0.2, 0.25) is 0 Å². The van der Waals surface area contributed by atoms with E-state index < -0.39 is 22.4 Å². The molecule has 0 fully saturated rings. The largest absolute Gasteiger partial charge is 0.416 e. The van der Waals surface area contributed by atoms with Crippen molar-refractivity contribution in [3.8, 4) is 0 Å². The van der Waals surface area contributed by atoms with Crippen molar-refractivity contribution >= 4 is 21.6 Å². The minimum atomic E-state index is -4.58. The molecule has 0 spiro atoms. The zero-order valence-electron chi connectivity index (χ0n) is 10.4. The van der Waals surface area contributed by atoms with Gasteiger partial charge in [0, 0.05) is 22.4 Å². The molecule has 0 aliphatic heterocycles. The van der Waals surface area contributed by atoms with Gasteiger partial charge in [-0.15, -0.1) is 0 Å². The minimum absolute atomic E-state index is 0.0621. The van der Waals surface area contributed by atoms with Gasteiger partial charge in [-0.3, -0.25) is 10.1 Å². The molecule has 106 valence electrons. The topological polar surface area (TPSA) is 43.1 Å². The van der Waals surface area contributed by atoms with E-state index in [1.807, 2.05) is 13.8 Å². The molecule has 1 aromatic carbocycles. The highest BCUT2D eigenvalue weighted by Gasteiger charge is 2.34. The van der Waals surface area contributed by atoms with Crippen LogP contribution in [-0.4, -0.2) is 9.75 Å². The summed E-state index contributed by atoms with van der Waals surface area (Å²) >= 11 is 3.33. The highest BCUT2D eigenvalue weighted by molar-refractivity contribution is 9.09. The Hall–Kier alpha value is -1.11. The molecule has 1 aromatic rings. The lowest BCUT2D eigenvalue weighted by molar-refractivity contribution is -0.386. The van der Waals surface area contributed by atoms with E-state index in [2.05, 4.69) is 15.9 Å². The summed E-state index contributed by atoms with van der Waals surface area (Å²) < 4.78 is 37.7. The Morgan fingerprint density at radius 1 is 1.42 bits per heavy atom. The number of halogens is 4. The zero-order valence-corrected chi connectivity index (χ0v) is 12.0. The standard InChI is InChI=1S/C12H13BrF3NO2/c1-3-9(7(2)13)10-5-4-8(12(14,15)16)6-11(10)17(18)19/h4-7,9H,3H2,1-2H3. The Morgan fingerprint density at radius 2 is 2.00 bits per heavy atom. The van der Waals surface area contributed by atoms with Crippen molar-refractivity contribution in [2.24, 2.45) is 0 Å². The second-order valence-electron chi connectivity index (χ2n) is 4.22. The van der Waals surface area contributed by atoms with Gasteiger partial charge < -0.3 is 0 Å². The molecule has 7 heteroatoms. The van der Waals surface area contributed by atoms with Gasteiger partial charge in [0.15, 0.2) is 0 Å². The third-order valence-corrected chi connectivity index (χ3v) is 3.59. The highest BCUT2D eigenvalue weighted by Crippen LogP contribution is 2.38. The summed E-state index contributed by atoms with van der Waals surface area (Å²) in [5.41, 5.74) is -1.15. The van der Waals surface area contributed by atoms with Crippen LogP contribution in [0, 0.1) is 10.1 Å². The molecule has 0 saturated carbocycles. The number of nitrogens with zero attached hydrogens (tertiary/aromatic N) is 1. The summed E-state index contributed by atoms with van der Waals surface area (Å²) in [6.07, 6.45) is -3.98. The molecule has 0 amide bonds. The normalized spacial score (nSPS) is 15.1. The van der Waals surface area contributed by atoms with Gasteiger partial charge >= 0.3 is 6.18 Å². The van der Waals surface area contributed by atoms with Gasteiger partial charge in [-0.25, -0.2) is 0 Å². The van der Waals surface area contributed by atoms with Crippen LogP contribution in [0.4, 0.5) is 18.9 Å². The van der Waals surface area contributed by atoms with Gasteiger partial charge in [-0.2, -0.15) is 13.2 Å². The maximum Gasteiger partial charge on any atom is 0.416 e. The summed E-state index contributed by atoms with van der Waals surface area (Å²) in [4.78, 5) is 10.1. The number of hydrogen-bond donors (Lipinski definition) is 0. The first-order valence-electron chi connectivity index (χ1n) is 5.68. The smallest absolute Gasteiger partial charge is 0.258 e. The second-order valence-corrected chi connectivity index (χ2v) is 5.67. The lowest BCUT2D eigenvalue weighted by atomic mass is 9.91. The first-order valence-corrected chi connectivity index (χ1v) is 6.59. The summed E-state index contributed by atoms with van der Waals surface area (Å²) in [5, 5.41) is 11.0. The fourth-order valence-electron chi connectivity index (χ4n) is 1.98. The predicted molar refractivity (Wildman–Crippen MR) is 69.5 cm³/mol. The van der Waals surface area contributed by atoms with E-state index in [0.29, 0.717) is 18.1 Å². The predicted octanol–water partition coefficient (Wildman–Crippen LogP) is 4.89. The summed E-state index contributed by atoms with van der Waals surface area (Å²) in [7, 11) is 0. The Bertz CT molecular complexity index is 475. The zero-order chi connectivity index (χ0) is 14.8. The fourth-order valence-corrected chi connectivity index (χ4v) is 2.64. The molecule has 1 rings (SSSR count). The number of rotatable bonds is 4. The van der Waals surface area contributed by atoms with Crippen molar-refractivity contribution in [1.29, 1.82) is 0 Å². The van der Waals surface area contributed by atoms with Gasteiger partial charge in [-0.05, 0) is 12.5 Å².